The topological polar surface area (TPSA) is 83.4 Å². The number of aromatic nitrogens is 3. The van der Waals surface area contributed by atoms with Gasteiger partial charge in [0.25, 0.3) is 5.82 Å². The molecule has 0 aliphatic heterocycles. The third-order valence-corrected chi connectivity index (χ3v) is 8.48. The van der Waals surface area contributed by atoms with Gasteiger partial charge < -0.3 is 14.0 Å². The Hall–Kier alpha value is -3.42. The number of hydrogen-bond donors (Lipinski definition) is 0. The fourth-order valence-corrected chi connectivity index (χ4v) is 6.38. The molecule has 0 amide bonds. The third kappa shape index (κ3) is 5.25. The van der Waals surface area contributed by atoms with Crippen molar-refractivity contribution in [3.63, 3.8) is 0 Å². The van der Waals surface area contributed by atoms with E-state index in [1.54, 1.807) is 0 Å². The summed E-state index contributed by atoms with van der Waals surface area (Å²) in [6.45, 7) is 8.11. The van der Waals surface area contributed by atoms with Crippen LogP contribution in [-0.4, -0.2) is 32.5 Å². The van der Waals surface area contributed by atoms with E-state index in [4.69, 9.17) is 9.47 Å². The van der Waals surface area contributed by atoms with Crippen molar-refractivity contribution < 1.29 is 28.4 Å². The standard InChI is InChI=1S/C31H40N3O5/c1-21-33(19-22-12-13-25-27(28(22)36)23-10-6-7-11-24(23)32(25)5)16-17-34(21)20-38-29(37)31(14-8-9-15-31)18-26(35)39-30(2,3)4/h6-7,10-11,16-17,22H,8-9,12-15,18-20H2,1-5H3/q+1. The lowest BCUT2D eigenvalue weighted by molar-refractivity contribution is -0.732. The van der Waals surface area contributed by atoms with Gasteiger partial charge >= 0.3 is 11.9 Å². The molecule has 2 aromatic heterocycles. The maximum absolute atomic E-state index is 13.6. The first kappa shape index (κ1) is 27.2. The van der Waals surface area contributed by atoms with E-state index in [0.717, 1.165) is 53.7 Å². The van der Waals surface area contributed by atoms with E-state index in [1.807, 2.05) is 69.9 Å². The molecule has 3 aromatic rings. The summed E-state index contributed by atoms with van der Waals surface area (Å²) in [5, 5.41) is 1.03. The summed E-state index contributed by atoms with van der Waals surface area (Å²) in [7, 11) is 2.04. The average Bonchev–Trinajstić information content (AvgIpc) is 3.56. The number of benzene rings is 1. The molecule has 8 heteroatoms. The van der Waals surface area contributed by atoms with E-state index in [2.05, 4.69) is 15.2 Å². The van der Waals surface area contributed by atoms with E-state index >= 15 is 0 Å². The van der Waals surface area contributed by atoms with Crippen molar-refractivity contribution in [2.24, 2.45) is 18.4 Å². The maximum Gasteiger partial charge on any atom is 0.315 e. The van der Waals surface area contributed by atoms with Crippen molar-refractivity contribution in [2.75, 3.05) is 0 Å². The summed E-state index contributed by atoms with van der Waals surface area (Å²) in [6, 6.07) is 8.11. The zero-order valence-corrected chi connectivity index (χ0v) is 23.8. The van der Waals surface area contributed by atoms with Gasteiger partial charge in [-0.3, -0.25) is 14.4 Å². The van der Waals surface area contributed by atoms with Gasteiger partial charge in [-0.15, -0.1) is 0 Å². The molecule has 1 aromatic carbocycles. The first-order valence-electron chi connectivity index (χ1n) is 14.0. The smallest absolute Gasteiger partial charge is 0.315 e. The van der Waals surface area contributed by atoms with Crippen molar-refractivity contribution in [1.29, 1.82) is 0 Å². The van der Waals surface area contributed by atoms with Crippen LogP contribution in [0.2, 0.25) is 0 Å². The monoisotopic (exact) mass is 534 g/mol. The Labute approximate surface area is 229 Å². The number of nitrogens with zero attached hydrogens (tertiary/aromatic N) is 3. The van der Waals surface area contributed by atoms with Crippen molar-refractivity contribution in [3.05, 3.63) is 53.7 Å². The van der Waals surface area contributed by atoms with Gasteiger partial charge in [-0.05, 0) is 52.5 Å². The minimum atomic E-state index is -0.815. The summed E-state index contributed by atoms with van der Waals surface area (Å²) < 4.78 is 17.4. The number of imidazole rings is 1. The van der Waals surface area contributed by atoms with E-state index in [9.17, 15) is 14.4 Å². The average molecular weight is 535 g/mol. The second-order valence-electron chi connectivity index (χ2n) is 12.3. The van der Waals surface area contributed by atoms with Gasteiger partial charge in [0, 0.05) is 36.1 Å². The number of para-hydroxylation sites is 1. The summed E-state index contributed by atoms with van der Waals surface area (Å²) in [4.78, 5) is 39.4. The van der Waals surface area contributed by atoms with Crippen molar-refractivity contribution in [2.45, 2.75) is 91.5 Å². The molecule has 2 aliphatic carbocycles. The van der Waals surface area contributed by atoms with E-state index < -0.39 is 11.0 Å². The fourth-order valence-electron chi connectivity index (χ4n) is 6.38. The van der Waals surface area contributed by atoms with Crippen LogP contribution < -0.4 is 4.57 Å². The first-order valence-corrected chi connectivity index (χ1v) is 14.0. The maximum atomic E-state index is 13.6. The van der Waals surface area contributed by atoms with Crippen LogP contribution in [0.15, 0.2) is 36.7 Å². The summed E-state index contributed by atoms with van der Waals surface area (Å²) >= 11 is 0. The summed E-state index contributed by atoms with van der Waals surface area (Å²) in [5.74, 6) is 0.302. The molecule has 2 aliphatic rings. The number of ether oxygens (including phenoxy) is 2. The molecule has 208 valence electrons. The Morgan fingerprint density at radius 1 is 1.15 bits per heavy atom. The molecule has 1 atom stereocenters. The molecule has 0 N–H and O–H groups in total. The van der Waals surface area contributed by atoms with E-state index in [1.165, 1.54) is 0 Å². The molecule has 0 bridgehead atoms. The highest BCUT2D eigenvalue weighted by atomic mass is 16.6. The van der Waals surface area contributed by atoms with Crippen molar-refractivity contribution in [1.82, 2.24) is 9.13 Å². The second-order valence-corrected chi connectivity index (χ2v) is 12.3. The fraction of sp³-hybridized carbons (Fsp3) is 0.548. The largest absolute Gasteiger partial charge is 0.460 e. The predicted octanol–water partition coefficient (Wildman–Crippen LogP) is 4.81. The molecule has 8 nitrogen and oxygen atoms in total. The number of carbonyl (C=O) groups is 3. The van der Waals surface area contributed by atoms with Crippen molar-refractivity contribution >= 4 is 28.6 Å². The van der Waals surface area contributed by atoms with Crippen LogP contribution in [-0.2, 0) is 45.8 Å². The highest BCUT2D eigenvalue weighted by molar-refractivity contribution is 6.11. The Kier molecular flexibility index (Phi) is 7.16. The van der Waals surface area contributed by atoms with Crippen LogP contribution in [0.1, 0.15) is 81.2 Å². The molecular weight excluding hydrogens is 494 g/mol. The molecule has 1 unspecified atom stereocenters. The number of carbonyl (C=O) groups excluding carboxylic acids is 3. The number of ketones is 1. The Morgan fingerprint density at radius 2 is 1.87 bits per heavy atom. The van der Waals surface area contributed by atoms with Crippen LogP contribution in [0.4, 0.5) is 0 Å². The molecule has 5 rings (SSSR count). The second kappa shape index (κ2) is 10.3. The summed E-state index contributed by atoms with van der Waals surface area (Å²) in [5.41, 5.74) is 1.67. The molecule has 0 saturated heterocycles. The number of aryl methyl sites for hydroxylation is 1. The van der Waals surface area contributed by atoms with Gasteiger partial charge in [0.2, 0.25) is 6.73 Å². The first-order chi connectivity index (χ1) is 18.5. The molecule has 1 fully saturated rings. The molecule has 1 saturated carbocycles. The van der Waals surface area contributed by atoms with Crippen LogP contribution in [0.5, 0.6) is 0 Å². The Morgan fingerprint density at radius 3 is 2.59 bits per heavy atom. The van der Waals surface area contributed by atoms with Crippen LogP contribution in [0.25, 0.3) is 10.9 Å². The van der Waals surface area contributed by atoms with Gasteiger partial charge in [-0.25, -0.2) is 4.57 Å². The molecule has 0 radical (unpaired) electrons. The SMILES string of the molecule is Cc1n(CC2CCc3c(c4ccccc4n3C)C2=O)cc[n+]1COC(=O)C1(CC(=O)OC(C)(C)C)CCCC1. The minimum Gasteiger partial charge on any atom is -0.460 e. The highest BCUT2D eigenvalue weighted by Gasteiger charge is 2.45. The molecular formula is C31H40N3O5+. The zero-order chi connectivity index (χ0) is 27.9. The number of fused-ring (bicyclic) bond motifs is 3. The van der Waals surface area contributed by atoms with Crippen LogP contribution in [0.3, 0.4) is 0 Å². The van der Waals surface area contributed by atoms with Gasteiger partial charge in [0.1, 0.15) is 24.5 Å². The zero-order valence-electron chi connectivity index (χ0n) is 23.8. The molecule has 39 heavy (non-hydrogen) atoms. The molecule has 2 heterocycles. The Bertz CT molecular complexity index is 1420. The molecule has 0 spiro atoms. The Balaban J connectivity index is 1.25. The van der Waals surface area contributed by atoms with Gasteiger partial charge in [-0.2, -0.15) is 4.57 Å². The number of Topliss-reactive ketones (excluding diaryl/α,β-unsaturated/α-hetero) is 1. The van der Waals surface area contributed by atoms with E-state index in [0.29, 0.717) is 19.4 Å². The summed E-state index contributed by atoms with van der Waals surface area (Å²) in [6.07, 6.45) is 8.61. The minimum absolute atomic E-state index is 0.0493. The number of hydrogen-bond acceptors (Lipinski definition) is 5. The highest BCUT2D eigenvalue weighted by Crippen LogP contribution is 2.43. The lowest BCUT2D eigenvalue weighted by Gasteiger charge is -2.27. The quantitative estimate of drug-likeness (QED) is 0.321. The lowest BCUT2D eigenvalue weighted by atomic mass is 9.82. The van der Waals surface area contributed by atoms with E-state index in [-0.39, 0.29) is 36.8 Å². The lowest BCUT2D eigenvalue weighted by Crippen LogP contribution is -2.42. The van der Waals surface area contributed by atoms with Crippen molar-refractivity contribution in [3.8, 4) is 0 Å². The number of rotatable bonds is 7. The van der Waals surface area contributed by atoms with Gasteiger partial charge in [0.15, 0.2) is 5.78 Å². The van der Waals surface area contributed by atoms with Gasteiger partial charge in [-0.1, -0.05) is 31.0 Å². The predicted molar refractivity (Wildman–Crippen MR) is 146 cm³/mol. The van der Waals surface area contributed by atoms with Crippen LogP contribution in [0, 0.1) is 18.3 Å². The number of esters is 2. The van der Waals surface area contributed by atoms with Crippen LogP contribution >= 0.6 is 0 Å². The normalized spacial score (nSPS) is 18.8. The van der Waals surface area contributed by atoms with Gasteiger partial charge in [0.05, 0.1) is 17.8 Å². The third-order valence-electron chi connectivity index (χ3n) is 8.48.